The monoisotopic (exact) mass is 275 g/mol. The van der Waals surface area contributed by atoms with Crippen LogP contribution in [0.25, 0.3) is 0 Å². The Morgan fingerprint density at radius 2 is 1.92 bits per heavy atom. The van der Waals surface area contributed by atoms with E-state index in [2.05, 4.69) is 55.3 Å². The first-order valence-electron chi connectivity index (χ1n) is 4.04. The fourth-order valence-corrected chi connectivity index (χ4v) is 1.68. The number of rotatable bonds is 0. The standard InChI is InChI=1S/C10H14IN/c1-7-8(11)5-6-12-9(7)10(2,3)4/h5-6H,1-4H3. The normalized spacial score (nSPS) is 11.8. The van der Waals surface area contributed by atoms with Crippen LogP contribution in [0.15, 0.2) is 12.3 Å². The summed E-state index contributed by atoms with van der Waals surface area (Å²) in [6.07, 6.45) is 1.88. The fraction of sp³-hybridized carbons (Fsp3) is 0.500. The average Bonchev–Trinajstić information content (AvgIpc) is 1.92. The molecule has 0 aromatic carbocycles. The Kier molecular flexibility index (Phi) is 2.76. The second-order valence-corrected chi connectivity index (χ2v) is 5.18. The second kappa shape index (κ2) is 3.32. The quantitative estimate of drug-likeness (QED) is 0.662. The SMILES string of the molecule is Cc1c(I)ccnc1C(C)(C)C. The third kappa shape index (κ3) is 1.97. The molecule has 0 fully saturated rings. The number of hydrogen-bond donors (Lipinski definition) is 0. The van der Waals surface area contributed by atoms with Crippen LogP contribution < -0.4 is 0 Å². The maximum Gasteiger partial charge on any atom is 0.0496 e. The highest BCUT2D eigenvalue weighted by atomic mass is 127. The van der Waals surface area contributed by atoms with Crippen molar-refractivity contribution < 1.29 is 0 Å². The second-order valence-electron chi connectivity index (χ2n) is 4.02. The summed E-state index contributed by atoms with van der Waals surface area (Å²) in [5.74, 6) is 0. The van der Waals surface area contributed by atoms with Gasteiger partial charge in [0.1, 0.15) is 0 Å². The molecule has 1 heterocycles. The first kappa shape index (κ1) is 9.96. The average molecular weight is 275 g/mol. The van der Waals surface area contributed by atoms with Crippen molar-refractivity contribution in [2.24, 2.45) is 0 Å². The van der Waals surface area contributed by atoms with Gasteiger partial charge in [0, 0.05) is 20.9 Å². The molecule has 0 atom stereocenters. The largest absolute Gasteiger partial charge is 0.260 e. The van der Waals surface area contributed by atoms with Gasteiger partial charge in [0.25, 0.3) is 0 Å². The summed E-state index contributed by atoms with van der Waals surface area (Å²) in [6, 6.07) is 2.05. The van der Waals surface area contributed by atoms with E-state index in [9.17, 15) is 0 Å². The first-order chi connectivity index (χ1) is 5.43. The van der Waals surface area contributed by atoms with Gasteiger partial charge in [0.05, 0.1) is 0 Å². The van der Waals surface area contributed by atoms with Crippen molar-refractivity contribution in [2.75, 3.05) is 0 Å². The van der Waals surface area contributed by atoms with E-state index in [-0.39, 0.29) is 5.41 Å². The van der Waals surface area contributed by atoms with Crippen LogP contribution in [0, 0.1) is 10.5 Å². The molecule has 66 valence electrons. The highest BCUT2D eigenvalue weighted by molar-refractivity contribution is 14.1. The van der Waals surface area contributed by atoms with E-state index < -0.39 is 0 Å². The van der Waals surface area contributed by atoms with Crippen molar-refractivity contribution in [1.82, 2.24) is 4.98 Å². The molecule has 0 N–H and O–H groups in total. The molecule has 0 radical (unpaired) electrons. The molecule has 1 rings (SSSR count). The highest BCUT2D eigenvalue weighted by Gasteiger charge is 2.18. The molecule has 1 aromatic rings. The van der Waals surface area contributed by atoms with Crippen LogP contribution in [0.3, 0.4) is 0 Å². The molecule has 0 aliphatic carbocycles. The van der Waals surface area contributed by atoms with Crippen LogP contribution in [-0.4, -0.2) is 4.98 Å². The molecule has 1 aromatic heterocycles. The molecule has 0 unspecified atom stereocenters. The fourth-order valence-electron chi connectivity index (χ4n) is 1.27. The molecule has 12 heavy (non-hydrogen) atoms. The molecule has 2 heteroatoms. The molecule has 0 aliphatic rings. The minimum absolute atomic E-state index is 0.158. The van der Waals surface area contributed by atoms with E-state index >= 15 is 0 Å². The molecule has 0 saturated carbocycles. The van der Waals surface area contributed by atoms with E-state index in [1.54, 1.807) is 0 Å². The minimum atomic E-state index is 0.158. The number of aromatic nitrogens is 1. The Morgan fingerprint density at radius 3 is 2.33 bits per heavy atom. The Balaban J connectivity index is 3.26. The van der Waals surface area contributed by atoms with Crippen molar-refractivity contribution in [3.63, 3.8) is 0 Å². The predicted octanol–water partition coefficient (Wildman–Crippen LogP) is 3.29. The Bertz CT molecular complexity index is 286. The summed E-state index contributed by atoms with van der Waals surface area (Å²) in [5, 5.41) is 0. The first-order valence-corrected chi connectivity index (χ1v) is 5.12. The van der Waals surface area contributed by atoms with Gasteiger partial charge in [-0.05, 0) is 41.1 Å². The van der Waals surface area contributed by atoms with Gasteiger partial charge in [0.2, 0.25) is 0 Å². The van der Waals surface area contributed by atoms with Crippen LogP contribution in [0.5, 0.6) is 0 Å². The van der Waals surface area contributed by atoms with Gasteiger partial charge in [-0.1, -0.05) is 20.8 Å². The van der Waals surface area contributed by atoms with E-state index in [0.717, 1.165) is 0 Å². The zero-order chi connectivity index (χ0) is 9.35. The van der Waals surface area contributed by atoms with Crippen LogP contribution in [-0.2, 0) is 5.41 Å². The summed E-state index contributed by atoms with van der Waals surface area (Å²) in [5.41, 5.74) is 2.67. The number of halogens is 1. The van der Waals surface area contributed by atoms with Crippen molar-refractivity contribution in [3.8, 4) is 0 Å². The van der Waals surface area contributed by atoms with Gasteiger partial charge < -0.3 is 0 Å². The van der Waals surface area contributed by atoms with Crippen LogP contribution in [0.4, 0.5) is 0 Å². The minimum Gasteiger partial charge on any atom is -0.260 e. The van der Waals surface area contributed by atoms with Gasteiger partial charge >= 0.3 is 0 Å². The van der Waals surface area contributed by atoms with E-state index in [1.165, 1.54) is 14.8 Å². The van der Waals surface area contributed by atoms with Crippen molar-refractivity contribution in [3.05, 3.63) is 27.1 Å². The molecular formula is C10H14IN. The van der Waals surface area contributed by atoms with Gasteiger partial charge in [-0.25, -0.2) is 0 Å². The molecule has 0 aliphatic heterocycles. The Morgan fingerprint density at radius 1 is 1.33 bits per heavy atom. The van der Waals surface area contributed by atoms with Crippen LogP contribution >= 0.6 is 22.6 Å². The third-order valence-corrected chi connectivity index (χ3v) is 3.02. The van der Waals surface area contributed by atoms with Gasteiger partial charge in [-0.3, -0.25) is 4.98 Å². The van der Waals surface area contributed by atoms with Crippen LogP contribution in [0.2, 0.25) is 0 Å². The lowest BCUT2D eigenvalue weighted by molar-refractivity contribution is 0.563. The summed E-state index contributed by atoms with van der Waals surface area (Å²) >= 11 is 2.35. The van der Waals surface area contributed by atoms with Crippen molar-refractivity contribution >= 4 is 22.6 Å². The third-order valence-electron chi connectivity index (χ3n) is 1.85. The summed E-state index contributed by atoms with van der Waals surface area (Å²) in [6.45, 7) is 8.71. The van der Waals surface area contributed by atoms with Crippen molar-refractivity contribution in [1.29, 1.82) is 0 Å². The molecule has 1 nitrogen and oxygen atoms in total. The highest BCUT2D eigenvalue weighted by Crippen LogP contribution is 2.25. The lowest BCUT2D eigenvalue weighted by Crippen LogP contribution is -2.15. The number of hydrogen-bond acceptors (Lipinski definition) is 1. The molecule has 0 saturated heterocycles. The van der Waals surface area contributed by atoms with E-state index in [4.69, 9.17) is 0 Å². The van der Waals surface area contributed by atoms with E-state index in [1.807, 2.05) is 12.3 Å². The summed E-state index contributed by atoms with van der Waals surface area (Å²) in [7, 11) is 0. The topological polar surface area (TPSA) is 12.9 Å². The molecule has 0 bridgehead atoms. The maximum atomic E-state index is 4.41. The molecular weight excluding hydrogens is 261 g/mol. The van der Waals surface area contributed by atoms with Crippen molar-refractivity contribution in [2.45, 2.75) is 33.1 Å². The Labute approximate surface area is 87.7 Å². The lowest BCUT2D eigenvalue weighted by atomic mass is 9.89. The van der Waals surface area contributed by atoms with Gasteiger partial charge in [0.15, 0.2) is 0 Å². The number of nitrogens with zero attached hydrogens (tertiary/aromatic N) is 1. The van der Waals surface area contributed by atoms with Gasteiger partial charge in [-0.2, -0.15) is 0 Å². The zero-order valence-corrected chi connectivity index (χ0v) is 10.1. The smallest absolute Gasteiger partial charge is 0.0496 e. The van der Waals surface area contributed by atoms with E-state index in [0.29, 0.717) is 0 Å². The predicted molar refractivity (Wildman–Crippen MR) is 60.4 cm³/mol. The van der Waals surface area contributed by atoms with Crippen LogP contribution in [0.1, 0.15) is 32.0 Å². The maximum absolute atomic E-state index is 4.41. The molecule has 0 amide bonds. The lowest BCUT2D eigenvalue weighted by Gasteiger charge is -2.20. The summed E-state index contributed by atoms with van der Waals surface area (Å²) in [4.78, 5) is 4.41. The number of pyridine rings is 1. The summed E-state index contributed by atoms with van der Waals surface area (Å²) < 4.78 is 1.30. The zero-order valence-electron chi connectivity index (χ0n) is 7.98. The molecule has 0 spiro atoms. The Hall–Kier alpha value is -0.120. The van der Waals surface area contributed by atoms with Gasteiger partial charge in [-0.15, -0.1) is 0 Å².